The minimum Gasteiger partial charge on any atom is -0.506 e. The van der Waals surface area contributed by atoms with Gasteiger partial charge in [0, 0.05) is 4.47 Å². The molecule has 0 fully saturated rings. The molecule has 8 heteroatoms. The Kier molecular flexibility index (Phi) is 4.72. The largest absolute Gasteiger partial charge is 0.506 e. The molecule has 0 atom stereocenters. The summed E-state index contributed by atoms with van der Waals surface area (Å²) >= 11 is 15.1. The van der Waals surface area contributed by atoms with E-state index in [1.807, 2.05) is 0 Å². The maximum absolute atomic E-state index is 12.4. The number of hydrogen-bond donors (Lipinski definition) is 2. The van der Waals surface area contributed by atoms with Crippen molar-refractivity contribution < 1.29 is 13.5 Å². The number of aromatic hydroxyl groups is 1. The van der Waals surface area contributed by atoms with Crippen LogP contribution in [0.1, 0.15) is 5.56 Å². The Morgan fingerprint density at radius 2 is 1.71 bits per heavy atom. The number of rotatable bonds is 3. The maximum Gasteiger partial charge on any atom is 0.265 e. The van der Waals surface area contributed by atoms with Crippen molar-refractivity contribution in [3.63, 3.8) is 0 Å². The third-order valence-electron chi connectivity index (χ3n) is 2.63. The summed E-state index contributed by atoms with van der Waals surface area (Å²) in [7, 11) is -4.02. The molecule has 2 aromatic rings. The van der Waals surface area contributed by atoms with Gasteiger partial charge < -0.3 is 5.11 Å². The zero-order chi connectivity index (χ0) is 15.8. The van der Waals surface area contributed by atoms with Crippen LogP contribution in [0.4, 0.5) is 5.69 Å². The van der Waals surface area contributed by atoms with E-state index in [9.17, 15) is 13.5 Å². The molecule has 0 saturated heterocycles. The number of anilines is 1. The van der Waals surface area contributed by atoms with Crippen LogP contribution in [0.25, 0.3) is 0 Å². The Labute approximate surface area is 140 Å². The Bertz CT molecular complexity index is 786. The van der Waals surface area contributed by atoms with Gasteiger partial charge in [0.2, 0.25) is 0 Å². The second kappa shape index (κ2) is 6.04. The summed E-state index contributed by atoms with van der Waals surface area (Å²) in [6.45, 7) is 1.78. The zero-order valence-electron chi connectivity index (χ0n) is 10.7. The number of phenols is 1. The van der Waals surface area contributed by atoms with E-state index in [0.717, 1.165) is 5.56 Å². The second-order valence-corrected chi connectivity index (χ2v) is 7.67. The molecule has 0 aliphatic rings. The molecule has 0 bridgehead atoms. The van der Waals surface area contributed by atoms with Crippen LogP contribution in [-0.2, 0) is 10.0 Å². The molecule has 2 rings (SSSR count). The van der Waals surface area contributed by atoms with Gasteiger partial charge >= 0.3 is 0 Å². The number of nitrogens with one attached hydrogen (secondary N) is 1. The zero-order valence-corrected chi connectivity index (χ0v) is 14.6. The summed E-state index contributed by atoms with van der Waals surface area (Å²) in [6, 6.07) is 7.43. The average Bonchev–Trinajstić information content (AvgIpc) is 2.30. The predicted octanol–water partition coefficient (Wildman–Crippen LogP) is 4.57. The minimum atomic E-state index is -4.02. The monoisotopic (exact) mass is 409 g/mol. The minimum absolute atomic E-state index is 0.0199. The van der Waals surface area contributed by atoms with Crippen LogP contribution in [0.3, 0.4) is 0 Å². The predicted molar refractivity (Wildman–Crippen MR) is 87.8 cm³/mol. The molecule has 21 heavy (non-hydrogen) atoms. The quantitative estimate of drug-likeness (QED) is 0.728. The first-order valence-electron chi connectivity index (χ1n) is 5.67. The van der Waals surface area contributed by atoms with Crippen molar-refractivity contribution in [3.8, 4) is 5.75 Å². The molecule has 0 radical (unpaired) electrons. The third-order valence-corrected chi connectivity index (χ3v) is 5.37. The summed E-state index contributed by atoms with van der Waals surface area (Å²) in [5, 5.41) is 9.74. The van der Waals surface area contributed by atoms with E-state index in [2.05, 4.69) is 20.7 Å². The first kappa shape index (κ1) is 16.4. The highest BCUT2D eigenvalue weighted by Crippen LogP contribution is 2.35. The van der Waals surface area contributed by atoms with E-state index < -0.39 is 10.0 Å². The molecule has 0 saturated carbocycles. The van der Waals surface area contributed by atoms with Crippen LogP contribution in [0, 0.1) is 6.92 Å². The molecule has 112 valence electrons. The lowest BCUT2D eigenvalue weighted by atomic mass is 10.2. The molecular formula is C13H10BrCl2NO3S. The number of phenolic OH excluding ortho intramolecular Hbond substituents is 1. The molecule has 0 aliphatic carbocycles. The lowest BCUT2D eigenvalue weighted by molar-refractivity contribution is 0.477. The van der Waals surface area contributed by atoms with Gasteiger partial charge in [-0.15, -0.1) is 0 Å². The van der Waals surface area contributed by atoms with Gasteiger partial charge in [0.15, 0.2) is 0 Å². The van der Waals surface area contributed by atoms with Crippen LogP contribution in [0.2, 0.25) is 10.0 Å². The first-order valence-corrected chi connectivity index (χ1v) is 8.71. The molecular weight excluding hydrogens is 401 g/mol. The number of sulfonamides is 1. The van der Waals surface area contributed by atoms with E-state index in [0.29, 0.717) is 4.47 Å². The summed E-state index contributed by atoms with van der Waals surface area (Å²) in [5.41, 5.74) is 0.853. The van der Waals surface area contributed by atoms with E-state index in [4.69, 9.17) is 23.2 Å². The maximum atomic E-state index is 12.4. The molecule has 0 aliphatic heterocycles. The van der Waals surface area contributed by atoms with Crippen molar-refractivity contribution in [1.82, 2.24) is 0 Å². The smallest absolute Gasteiger partial charge is 0.265 e. The van der Waals surface area contributed by atoms with Gasteiger partial charge in [0.25, 0.3) is 10.0 Å². The van der Waals surface area contributed by atoms with Crippen molar-refractivity contribution in [1.29, 1.82) is 0 Å². The SMILES string of the molecule is Cc1ccc(NS(=O)(=O)c2c(Cl)cc(Br)cc2Cl)c(O)c1. The molecule has 0 amide bonds. The summed E-state index contributed by atoms with van der Waals surface area (Å²) < 4.78 is 27.6. The third kappa shape index (κ3) is 3.63. The Balaban J connectivity index is 2.48. The van der Waals surface area contributed by atoms with Gasteiger partial charge in [0.05, 0.1) is 15.7 Å². The van der Waals surface area contributed by atoms with Crippen LogP contribution in [0.5, 0.6) is 5.75 Å². The fourth-order valence-corrected chi connectivity index (χ4v) is 4.72. The molecule has 2 N–H and O–H groups in total. The summed E-state index contributed by atoms with van der Waals surface area (Å²) in [6.07, 6.45) is 0. The second-order valence-electron chi connectivity index (χ2n) is 4.32. The number of aryl methyl sites for hydroxylation is 1. The van der Waals surface area contributed by atoms with E-state index in [1.54, 1.807) is 13.0 Å². The molecule has 0 unspecified atom stereocenters. The van der Waals surface area contributed by atoms with E-state index >= 15 is 0 Å². The van der Waals surface area contributed by atoms with E-state index in [-0.39, 0.29) is 26.4 Å². The Hall–Kier alpha value is -0.950. The van der Waals surface area contributed by atoms with Crippen molar-refractivity contribution in [2.75, 3.05) is 4.72 Å². The van der Waals surface area contributed by atoms with Gasteiger partial charge in [-0.05, 0) is 36.8 Å². The van der Waals surface area contributed by atoms with Gasteiger partial charge in [0.1, 0.15) is 10.6 Å². The van der Waals surface area contributed by atoms with Crippen LogP contribution in [0.15, 0.2) is 39.7 Å². The van der Waals surface area contributed by atoms with Gasteiger partial charge in [-0.25, -0.2) is 8.42 Å². The van der Waals surface area contributed by atoms with Gasteiger partial charge in [-0.2, -0.15) is 0 Å². The molecule has 0 spiro atoms. The average molecular weight is 411 g/mol. The number of benzene rings is 2. The topological polar surface area (TPSA) is 66.4 Å². The van der Waals surface area contributed by atoms with Crippen molar-refractivity contribution in [2.24, 2.45) is 0 Å². The fraction of sp³-hybridized carbons (Fsp3) is 0.0769. The van der Waals surface area contributed by atoms with Crippen LogP contribution >= 0.6 is 39.1 Å². The van der Waals surface area contributed by atoms with Crippen LogP contribution in [-0.4, -0.2) is 13.5 Å². The highest BCUT2D eigenvalue weighted by atomic mass is 79.9. The lowest BCUT2D eigenvalue weighted by Crippen LogP contribution is -2.14. The van der Waals surface area contributed by atoms with E-state index in [1.165, 1.54) is 24.3 Å². The number of hydrogen-bond acceptors (Lipinski definition) is 3. The highest BCUT2D eigenvalue weighted by Gasteiger charge is 2.23. The van der Waals surface area contributed by atoms with Crippen molar-refractivity contribution >= 4 is 54.8 Å². The lowest BCUT2D eigenvalue weighted by Gasteiger charge is -2.12. The Morgan fingerprint density at radius 1 is 1.14 bits per heavy atom. The molecule has 0 heterocycles. The first-order chi connectivity index (χ1) is 9.70. The standard InChI is InChI=1S/C13H10BrCl2NO3S/c1-7-2-3-11(12(18)4-7)17-21(19,20)13-9(15)5-8(14)6-10(13)16/h2-6,17-18H,1H3. The molecule has 0 aromatic heterocycles. The summed E-state index contributed by atoms with van der Waals surface area (Å²) in [4.78, 5) is -0.242. The number of halogens is 3. The summed E-state index contributed by atoms with van der Waals surface area (Å²) in [5.74, 6) is -0.178. The Morgan fingerprint density at radius 3 is 2.24 bits per heavy atom. The normalized spacial score (nSPS) is 11.4. The van der Waals surface area contributed by atoms with Gasteiger partial charge in [-0.3, -0.25) is 4.72 Å². The molecule has 2 aromatic carbocycles. The van der Waals surface area contributed by atoms with Crippen LogP contribution < -0.4 is 4.72 Å². The van der Waals surface area contributed by atoms with Crippen molar-refractivity contribution in [3.05, 3.63) is 50.4 Å². The highest BCUT2D eigenvalue weighted by molar-refractivity contribution is 9.10. The van der Waals surface area contributed by atoms with Gasteiger partial charge in [-0.1, -0.05) is 45.2 Å². The fourth-order valence-electron chi connectivity index (χ4n) is 1.71. The van der Waals surface area contributed by atoms with Crippen molar-refractivity contribution in [2.45, 2.75) is 11.8 Å². The molecule has 4 nitrogen and oxygen atoms in total.